The molecule has 0 unspecified atom stereocenters. The van der Waals surface area contributed by atoms with Crippen molar-refractivity contribution in [2.24, 2.45) is 0 Å². The van der Waals surface area contributed by atoms with E-state index in [1.54, 1.807) is 0 Å². The van der Waals surface area contributed by atoms with Crippen LogP contribution in [0.5, 0.6) is 0 Å². The number of benzene rings is 1. The van der Waals surface area contributed by atoms with E-state index in [1.807, 2.05) is 0 Å². The predicted octanol–water partition coefficient (Wildman–Crippen LogP) is 1.93. The van der Waals surface area contributed by atoms with Gasteiger partial charge in [0, 0.05) is 18.2 Å². The van der Waals surface area contributed by atoms with E-state index in [1.165, 1.54) is 0 Å². The molecule has 19 heavy (non-hydrogen) atoms. The minimum atomic E-state index is -1.31. The highest BCUT2D eigenvalue weighted by Crippen LogP contribution is 2.38. The summed E-state index contributed by atoms with van der Waals surface area (Å²) in [7, 11) is 0. The molecular weight excluding hydrogens is 262 g/mol. The van der Waals surface area contributed by atoms with Crippen molar-refractivity contribution < 1.29 is 23.6 Å². The Kier molecular flexibility index (Phi) is 3.32. The van der Waals surface area contributed by atoms with Gasteiger partial charge in [0.05, 0.1) is 4.92 Å². The van der Waals surface area contributed by atoms with E-state index in [2.05, 4.69) is 0 Å². The maximum atomic E-state index is 13.5. The molecule has 0 aromatic heterocycles. The Morgan fingerprint density at radius 2 is 2.11 bits per heavy atom. The molecule has 0 spiro atoms. The summed E-state index contributed by atoms with van der Waals surface area (Å²) in [5.74, 6) is -3.50. The van der Waals surface area contributed by atoms with Crippen molar-refractivity contribution in [2.45, 2.75) is 18.9 Å². The van der Waals surface area contributed by atoms with Crippen molar-refractivity contribution in [3.63, 3.8) is 0 Å². The fraction of sp³-hybridized carbons (Fsp3) is 0.364. The van der Waals surface area contributed by atoms with Gasteiger partial charge in [-0.1, -0.05) is 0 Å². The Morgan fingerprint density at radius 1 is 1.47 bits per heavy atom. The molecule has 1 aliphatic rings. The fourth-order valence-corrected chi connectivity index (χ4v) is 1.89. The van der Waals surface area contributed by atoms with E-state index >= 15 is 0 Å². The molecule has 8 heteroatoms. The van der Waals surface area contributed by atoms with Crippen LogP contribution in [-0.2, 0) is 4.79 Å². The van der Waals surface area contributed by atoms with Crippen LogP contribution in [-0.4, -0.2) is 28.6 Å². The zero-order valence-electron chi connectivity index (χ0n) is 9.68. The van der Waals surface area contributed by atoms with Crippen LogP contribution in [0, 0.1) is 21.7 Å². The molecule has 1 fully saturated rings. The highest BCUT2D eigenvalue weighted by molar-refractivity contribution is 5.77. The Hall–Kier alpha value is -2.25. The maximum absolute atomic E-state index is 13.5. The summed E-state index contributed by atoms with van der Waals surface area (Å²) in [4.78, 5) is 21.8. The first-order valence-corrected chi connectivity index (χ1v) is 5.52. The van der Waals surface area contributed by atoms with E-state index in [4.69, 9.17) is 5.11 Å². The van der Waals surface area contributed by atoms with Crippen LogP contribution in [0.4, 0.5) is 20.2 Å². The summed E-state index contributed by atoms with van der Waals surface area (Å²) >= 11 is 0. The molecule has 0 atom stereocenters. The normalized spacial score (nSPS) is 14.2. The number of aliphatic carboxylic acids is 1. The zero-order valence-corrected chi connectivity index (χ0v) is 9.68. The molecule has 2 rings (SSSR count). The molecule has 0 aliphatic heterocycles. The topological polar surface area (TPSA) is 83.7 Å². The van der Waals surface area contributed by atoms with Gasteiger partial charge in [-0.25, -0.2) is 4.39 Å². The van der Waals surface area contributed by atoms with Crippen molar-refractivity contribution in [3.05, 3.63) is 33.9 Å². The number of anilines is 1. The van der Waals surface area contributed by atoms with E-state index in [9.17, 15) is 23.7 Å². The van der Waals surface area contributed by atoms with Gasteiger partial charge in [-0.05, 0) is 12.8 Å². The second-order valence-electron chi connectivity index (χ2n) is 4.27. The van der Waals surface area contributed by atoms with Crippen molar-refractivity contribution in [1.29, 1.82) is 0 Å². The second-order valence-corrected chi connectivity index (χ2v) is 4.27. The van der Waals surface area contributed by atoms with Crippen LogP contribution in [0.2, 0.25) is 0 Å². The van der Waals surface area contributed by atoms with Crippen LogP contribution < -0.4 is 4.90 Å². The SMILES string of the molecule is O=C(O)CN(c1cc(F)cc(F)c1[N+](=O)[O-])C1CC1. The molecule has 0 radical (unpaired) electrons. The molecule has 1 aromatic carbocycles. The standard InChI is InChI=1S/C11H10F2N2O4/c12-6-3-8(13)11(15(18)19)9(4-6)14(5-10(16)17)7-1-2-7/h3-4,7H,1-2,5H2,(H,16,17). The number of hydrogen-bond acceptors (Lipinski definition) is 4. The summed E-state index contributed by atoms with van der Waals surface area (Å²) in [5, 5.41) is 19.6. The fourth-order valence-electron chi connectivity index (χ4n) is 1.89. The average molecular weight is 272 g/mol. The predicted molar refractivity (Wildman–Crippen MR) is 61.0 cm³/mol. The number of nitro groups is 1. The molecule has 0 amide bonds. The molecule has 102 valence electrons. The first kappa shape index (κ1) is 13.2. The summed E-state index contributed by atoms with van der Waals surface area (Å²) in [5.41, 5.74) is -1.22. The lowest BCUT2D eigenvalue weighted by molar-refractivity contribution is -0.386. The molecule has 0 heterocycles. The lowest BCUT2D eigenvalue weighted by Gasteiger charge is -2.22. The summed E-state index contributed by atoms with van der Waals surface area (Å²) in [6.45, 7) is -0.533. The van der Waals surface area contributed by atoms with Gasteiger partial charge >= 0.3 is 11.7 Å². The van der Waals surface area contributed by atoms with Crippen molar-refractivity contribution >= 4 is 17.3 Å². The van der Waals surface area contributed by atoms with Gasteiger partial charge < -0.3 is 10.0 Å². The minimum absolute atomic E-state index is 0.226. The Bertz CT molecular complexity index is 546. The largest absolute Gasteiger partial charge is 0.480 e. The second kappa shape index (κ2) is 4.79. The van der Waals surface area contributed by atoms with Crippen molar-refractivity contribution in [3.8, 4) is 0 Å². The smallest absolute Gasteiger partial charge is 0.328 e. The van der Waals surface area contributed by atoms with Crippen LogP contribution in [0.25, 0.3) is 0 Å². The molecule has 6 nitrogen and oxygen atoms in total. The molecule has 1 N–H and O–H groups in total. The average Bonchev–Trinajstić information content (AvgIpc) is 3.07. The maximum Gasteiger partial charge on any atom is 0.328 e. The lowest BCUT2D eigenvalue weighted by atomic mass is 10.2. The zero-order chi connectivity index (χ0) is 14.2. The van der Waals surface area contributed by atoms with Gasteiger partial charge in [-0.15, -0.1) is 0 Å². The molecule has 1 aromatic rings. The van der Waals surface area contributed by atoms with Gasteiger partial charge in [0.15, 0.2) is 0 Å². The van der Waals surface area contributed by atoms with E-state index in [0.29, 0.717) is 18.9 Å². The van der Waals surface area contributed by atoms with Gasteiger partial charge in [-0.3, -0.25) is 14.9 Å². The molecular formula is C11H10F2N2O4. The first-order chi connectivity index (χ1) is 8.90. The van der Waals surface area contributed by atoms with Gasteiger partial charge in [0.1, 0.15) is 18.0 Å². The van der Waals surface area contributed by atoms with E-state index < -0.39 is 34.8 Å². The molecule has 0 saturated heterocycles. The van der Waals surface area contributed by atoms with E-state index in [-0.39, 0.29) is 11.7 Å². The number of rotatable bonds is 5. The molecule has 1 saturated carbocycles. The number of hydrogen-bond donors (Lipinski definition) is 1. The van der Waals surface area contributed by atoms with Crippen LogP contribution >= 0.6 is 0 Å². The van der Waals surface area contributed by atoms with Crippen LogP contribution in [0.3, 0.4) is 0 Å². The number of nitro benzene ring substituents is 1. The third-order valence-corrected chi connectivity index (χ3v) is 2.79. The highest BCUT2D eigenvalue weighted by atomic mass is 19.1. The number of carboxylic acid groups (broad SMARTS) is 1. The first-order valence-electron chi connectivity index (χ1n) is 5.52. The van der Waals surface area contributed by atoms with Gasteiger partial charge in [-0.2, -0.15) is 4.39 Å². The van der Waals surface area contributed by atoms with Gasteiger partial charge in [0.2, 0.25) is 5.82 Å². The van der Waals surface area contributed by atoms with Crippen molar-refractivity contribution in [2.75, 3.05) is 11.4 Å². The third kappa shape index (κ3) is 2.78. The number of carboxylic acids is 1. The van der Waals surface area contributed by atoms with E-state index in [0.717, 1.165) is 11.0 Å². The van der Waals surface area contributed by atoms with Crippen LogP contribution in [0.1, 0.15) is 12.8 Å². The third-order valence-electron chi connectivity index (χ3n) is 2.79. The number of carbonyl (C=O) groups is 1. The summed E-state index contributed by atoms with van der Waals surface area (Å²) in [6, 6.07) is 0.978. The Balaban J connectivity index is 2.51. The number of halogens is 2. The highest BCUT2D eigenvalue weighted by Gasteiger charge is 2.36. The van der Waals surface area contributed by atoms with Crippen LogP contribution in [0.15, 0.2) is 12.1 Å². The Morgan fingerprint density at radius 3 is 2.58 bits per heavy atom. The quantitative estimate of drug-likeness (QED) is 0.654. The number of nitrogens with zero attached hydrogens (tertiary/aromatic N) is 2. The summed E-state index contributed by atoms with van der Waals surface area (Å²) in [6.07, 6.45) is 1.28. The lowest BCUT2D eigenvalue weighted by Crippen LogP contribution is -2.32. The van der Waals surface area contributed by atoms with Gasteiger partial charge in [0.25, 0.3) is 0 Å². The monoisotopic (exact) mass is 272 g/mol. The summed E-state index contributed by atoms with van der Waals surface area (Å²) < 4.78 is 26.7. The van der Waals surface area contributed by atoms with Crippen molar-refractivity contribution in [1.82, 2.24) is 0 Å². The minimum Gasteiger partial charge on any atom is -0.480 e. The molecule has 0 bridgehead atoms. The molecule has 1 aliphatic carbocycles. The Labute approximate surface area is 106 Å².